The molecule has 1 heterocycles. The summed E-state index contributed by atoms with van der Waals surface area (Å²) in [6.45, 7) is 2.18. The van der Waals surface area contributed by atoms with Crippen LogP contribution in [0.4, 0.5) is 4.39 Å². The number of halogens is 1. The summed E-state index contributed by atoms with van der Waals surface area (Å²) in [6, 6.07) is 16.8. The Balaban J connectivity index is 0.00000361. The number of hydrogen-bond donors (Lipinski definition) is 3. The molecule has 6 nitrogen and oxygen atoms in total. The van der Waals surface area contributed by atoms with E-state index in [4.69, 9.17) is 9.47 Å². The van der Waals surface area contributed by atoms with E-state index in [2.05, 4.69) is 10.3 Å². The van der Waals surface area contributed by atoms with Crippen LogP contribution < -0.4 is 14.8 Å². The number of carbonyl (C=O) groups excluding carboxylic acids is 1. The Morgan fingerprint density at radius 2 is 2.00 bits per heavy atom. The van der Waals surface area contributed by atoms with Crippen molar-refractivity contribution in [3.05, 3.63) is 83.8 Å². The molecular formula is C28H31FN2O4. The van der Waals surface area contributed by atoms with E-state index in [1.165, 1.54) is 13.2 Å². The Bertz CT molecular complexity index is 1320. The van der Waals surface area contributed by atoms with Gasteiger partial charge in [0.2, 0.25) is 0 Å². The van der Waals surface area contributed by atoms with Crippen LogP contribution in [0.2, 0.25) is 0 Å². The van der Waals surface area contributed by atoms with Crippen molar-refractivity contribution in [2.24, 2.45) is 0 Å². The Kier molecular flexibility index (Phi) is 7.67. The summed E-state index contributed by atoms with van der Waals surface area (Å²) in [7, 11) is 1.51. The highest BCUT2D eigenvalue weighted by molar-refractivity contribution is 5.98. The average Bonchev–Trinajstić information content (AvgIpc) is 3.30. The molecule has 0 fully saturated rings. The molecule has 1 atom stereocenters. The van der Waals surface area contributed by atoms with Crippen LogP contribution in [0.15, 0.2) is 66.9 Å². The predicted molar refractivity (Wildman–Crippen MR) is 137 cm³/mol. The van der Waals surface area contributed by atoms with Crippen molar-refractivity contribution in [2.45, 2.75) is 25.8 Å². The lowest BCUT2D eigenvalue weighted by Crippen LogP contribution is -2.39. The molecule has 35 heavy (non-hydrogen) atoms. The summed E-state index contributed by atoms with van der Waals surface area (Å²) >= 11 is 0. The van der Waals surface area contributed by atoms with Crippen LogP contribution in [0.25, 0.3) is 22.0 Å². The fourth-order valence-corrected chi connectivity index (χ4v) is 4.06. The molecule has 0 radical (unpaired) electrons. The lowest BCUT2D eigenvalue weighted by atomic mass is 10.0. The van der Waals surface area contributed by atoms with E-state index in [0.29, 0.717) is 35.7 Å². The van der Waals surface area contributed by atoms with E-state index in [-0.39, 0.29) is 13.6 Å². The van der Waals surface area contributed by atoms with Crippen molar-refractivity contribution in [2.75, 3.05) is 20.3 Å². The van der Waals surface area contributed by atoms with E-state index in [1.807, 2.05) is 37.4 Å². The lowest BCUT2D eigenvalue weighted by Gasteiger charge is -2.18. The van der Waals surface area contributed by atoms with E-state index < -0.39 is 17.8 Å². The number of aromatic amines is 1. The van der Waals surface area contributed by atoms with Gasteiger partial charge in [0.15, 0.2) is 0 Å². The number of aliphatic hydroxyl groups excluding tert-OH is 1. The fraction of sp³-hybridized carbons (Fsp3) is 0.250. The quantitative estimate of drug-likeness (QED) is 0.287. The van der Waals surface area contributed by atoms with Gasteiger partial charge in [-0.3, -0.25) is 4.79 Å². The highest BCUT2D eigenvalue weighted by atomic mass is 19.1. The molecule has 0 aliphatic carbocycles. The zero-order valence-electron chi connectivity index (χ0n) is 19.8. The van der Waals surface area contributed by atoms with E-state index >= 15 is 0 Å². The number of benzene rings is 3. The van der Waals surface area contributed by atoms with Gasteiger partial charge in [0.25, 0.3) is 5.91 Å². The van der Waals surface area contributed by atoms with Gasteiger partial charge in [-0.15, -0.1) is 0 Å². The molecule has 4 rings (SSSR count). The number of aromatic nitrogens is 1. The molecule has 1 amide bonds. The van der Waals surface area contributed by atoms with Crippen LogP contribution >= 0.6 is 0 Å². The monoisotopic (exact) mass is 478 g/mol. The first-order valence-corrected chi connectivity index (χ1v) is 11.6. The highest BCUT2D eigenvalue weighted by Gasteiger charge is 2.20. The Morgan fingerprint density at radius 3 is 2.77 bits per heavy atom. The van der Waals surface area contributed by atoms with Crippen molar-refractivity contribution < 1.29 is 25.2 Å². The standard InChI is InChI=1S/C28H29FN2O4.H2/c1-3-12-35-27-11-8-18(23-15-21(34-2)9-10-25(23)29)14-24(27)28(33)31-20(17-32)13-19-16-30-26-7-5-4-6-22(19)26;/h4-11,14-16,20,30,32H,3,12-13,17H2,1-2H3,(H,31,33);1H/t20-;/m0./s1. The second kappa shape index (κ2) is 11.1. The third-order valence-electron chi connectivity index (χ3n) is 5.87. The maximum absolute atomic E-state index is 14.6. The van der Waals surface area contributed by atoms with Crippen LogP contribution in [0.1, 0.15) is 30.7 Å². The minimum absolute atomic E-state index is 0. The molecule has 0 spiro atoms. The topological polar surface area (TPSA) is 83.6 Å². The number of fused-ring (bicyclic) bond motifs is 1. The number of aliphatic hydroxyl groups is 1. The number of para-hydroxylation sites is 1. The number of hydrogen-bond acceptors (Lipinski definition) is 4. The van der Waals surface area contributed by atoms with Gasteiger partial charge < -0.3 is 24.9 Å². The summed E-state index contributed by atoms with van der Waals surface area (Å²) in [5.41, 5.74) is 3.10. The van der Waals surface area contributed by atoms with Gasteiger partial charge in [-0.05, 0) is 60.4 Å². The summed E-state index contributed by atoms with van der Waals surface area (Å²) < 4.78 is 25.6. The van der Waals surface area contributed by atoms with Crippen molar-refractivity contribution >= 4 is 16.8 Å². The third kappa shape index (κ3) is 5.46. The van der Waals surface area contributed by atoms with Crippen LogP contribution in [-0.4, -0.2) is 42.4 Å². The van der Waals surface area contributed by atoms with Gasteiger partial charge in [0.1, 0.15) is 17.3 Å². The smallest absolute Gasteiger partial charge is 0.255 e. The van der Waals surface area contributed by atoms with E-state index in [1.54, 1.807) is 30.3 Å². The maximum atomic E-state index is 14.6. The molecule has 0 aliphatic heterocycles. The number of H-pyrrole nitrogens is 1. The molecule has 0 saturated heterocycles. The first-order chi connectivity index (χ1) is 17.0. The summed E-state index contributed by atoms with van der Waals surface area (Å²) in [5, 5.41) is 14.0. The predicted octanol–water partition coefficient (Wildman–Crippen LogP) is 5.35. The van der Waals surface area contributed by atoms with Crippen molar-refractivity contribution in [1.82, 2.24) is 10.3 Å². The van der Waals surface area contributed by atoms with Crippen LogP contribution in [0.3, 0.4) is 0 Å². The number of rotatable bonds is 10. The molecule has 0 unspecified atom stereocenters. The number of amides is 1. The summed E-state index contributed by atoms with van der Waals surface area (Å²) in [4.78, 5) is 16.6. The minimum atomic E-state index is -0.516. The van der Waals surface area contributed by atoms with Crippen molar-refractivity contribution in [3.63, 3.8) is 0 Å². The molecule has 7 heteroatoms. The van der Waals surface area contributed by atoms with Gasteiger partial charge in [-0.1, -0.05) is 31.2 Å². The van der Waals surface area contributed by atoms with Crippen LogP contribution in [-0.2, 0) is 6.42 Å². The molecule has 0 aliphatic rings. The van der Waals surface area contributed by atoms with Gasteiger partial charge in [-0.25, -0.2) is 4.39 Å². The Hall–Kier alpha value is -3.84. The fourth-order valence-electron chi connectivity index (χ4n) is 4.06. The molecule has 184 valence electrons. The number of carbonyl (C=O) groups is 1. The maximum Gasteiger partial charge on any atom is 0.255 e. The van der Waals surface area contributed by atoms with Gasteiger partial charge >= 0.3 is 0 Å². The van der Waals surface area contributed by atoms with Crippen LogP contribution in [0, 0.1) is 5.82 Å². The van der Waals surface area contributed by atoms with Crippen molar-refractivity contribution in [1.29, 1.82) is 0 Å². The SMILES string of the molecule is CCCOc1ccc(-c2cc(OC)ccc2F)cc1C(=O)N[C@H](CO)Cc1c[nH]c2ccccc12.[HH]. The second-order valence-electron chi connectivity index (χ2n) is 8.32. The van der Waals surface area contributed by atoms with Crippen LogP contribution in [0.5, 0.6) is 11.5 Å². The Labute approximate surface area is 205 Å². The molecule has 3 N–H and O–H groups in total. The summed E-state index contributed by atoms with van der Waals surface area (Å²) in [5.74, 6) is 0.0880. The molecule has 3 aromatic carbocycles. The second-order valence-corrected chi connectivity index (χ2v) is 8.32. The third-order valence-corrected chi connectivity index (χ3v) is 5.87. The number of ether oxygens (including phenoxy) is 2. The zero-order chi connectivity index (χ0) is 24.8. The van der Waals surface area contributed by atoms with Gasteiger partial charge in [0, 0.05) is 24.1 Å². The van der Waals surface area contributed by atoms with Crippen molar-refractivity contribution in [3.8, 4) is 22.6 Å². The van der Waals surface area contributed by atoms with Gasteiger partial charge in [-0.2, -0.15) is 0 Å². The highest BCUT2D eigenvalue weighted by Crippen LogP contribution is 2.31. The zero-order valence-corrected chi connectivity index (χ0v) is 19.8. The molecule has 0 saturated carbocycles. The largest absolute Gasteiger partial charge is 0.497 e. The van der Waals surface area contributed by atoms with Gasteiger partial charge in [0.05, 0.1) is 31.9 Å². The summed E-state index contributed by atoms with van der Waals surface area (Å²) in [6.07, 6.45) is 3.11. The molecule has 0 bridgehead atoms. The lowest BCUT2D eigenvalue weighted by molar-refractivity contribution is 0.0912. The van der Waals surface area contributed by atoms with E-state index in [9.17, 15) is 14.3 Å². The molecule has 4 aromatic rings. The average molecular weight is 479 g/mol. The first-order valence-electron chi connectivity index (χ1n) is 11.6. The molecule has 1 aromatic heterocycles. The number of nitrogens with one attached hydrogen (secondary N) is 2. The normalized spacial score (nSPS) is 11.9. The first kappa shape index (κ1) is 24.3. The number of methoxy groups -OCH3 is 1. The minimum Gasteiger partial charge on any atom is -0.497 e. The van der Waals surface area contributed by atoms with E-state index in [0.717, 1.165) is 22.9 Å². The molecular weight excluding hydrogens is 447 g/mol. The Morgan fingerprint density at radius 1 is 1.17 bits per heavy atom.